The summed E-state index contributed by atoms with van der Waals surface area (Å²) in [7, 11) is 0. The van der Waals surface area contributed by atoms with E-state index in [1.54, 1.807) is 19.1 Å². The zero-order valence-electron chi connectivity index (χ0n) is 10.9. The lowest BCUT2D eigenvalue weighted by molar-refractivity contribution is 0.101. The van der Waals surface area contributed by atoms with Gasteiger partial charge in [0, 0.05) is 6.20 Å². The maximum Gasteiger partial charge on any atom is 0.333 e. The predicted molar refractivity (Wildman–Crippen MR) is 72.1 cm³/mol. The zero-order chi connectivity index (χ0) is 14.9. The SMILES string of the molecule is CC(=O)c1c[nH]c(=O)n(-c2cc(C#N)ccc2C)c1=O. The molecule has 1 heterocycles. The van der Waals surface area contributed by atoms with Gasteiger partial charge in [0.05, 0.1) is 22.9 Å². The first-order valence-electron chi connectivity index (χ1n) is 5.82. The molecule has 1 N–H and O–H groups in total. The first-order chi connectivity index (χ1) is 9.45. The highest BCUT2D eigenvalue weighted by molar-refractivity contribution is 5.93. The van der Waals surface area contributed by atoms with Crippen molar-refractivity contribution in [2.24, 2.45) is 0 Å². The second-order valence-electron chi connectivity index (χ2n) is 4.32. The van der Waals surface area contributed by atoms with Crippen molar-refractivity contribution >= 4 is 5.78 Å². The number of aromatic nitrogens is 2. The molecule has 100 valence electrons. The van der Waals surface area contributed by atoms with E-state index in [0.29, 0.717) is 16.8 Å². The van der Waals surface area contributed by atoms with Gasteiger partial charge in [0.1, 0.15) is 0 Å². The van der Waals surface area contributed by atoms with Crippen molar-refractivity contribution in [3.05, 3.63) is 61.9 Å². The van der Waals surface area contributed by atoms with Crippen LogP contribution in [0.4, 0.5) is 0 Å². The van der Waals surface area contributed by atoms with Crippen molar-refractivity contribution in [3.63, 3.8) is 0 Å². The molecule has 1 aromatic heterocycles. The Kier molecular flexibility index (Phi) is 3.36. The molecule has 0 saturated heterocycles. The number of nitriles is 1. The van der Waals surface area contributed by atoms with Gasteiger partial charge in [-0.15, -0.1) is 0 Å². The van der Waals surface area contributed by atoms with E-state index in [2.05, 4.69) is 4.98 Å². The first-order valence-corrected chi connectivity index (χ1v) is 5.82. The molecule has 2 rings (SSSR count). The average molecular weight is 269 g/mol. The second kappa shape index (κ2) is 4.97. The molecule has 0 aliphatic carbocycles. The van der Waals surface area contributed by atoms with E-state index < -0.39 is 17.0 Å². The molecule has 0 bridgehead atoms. The number of carbonyl (C=O) groups excluding carboxylic acids is 1. The fraction of sp³-hybridized carbons (Fsp3) is 0.143. The lowest BCUT2D eigenvalue weighted by atomic mass is 10.1. The summed E-state index contributed by atoms with van der Waals surface area (Å²) in [6.07, 6.45) is 1.10. The van der Waals surface area contributed by atoms with Gasteiger partial charge in [-0.05, 0) is 31.5 Å². The van der Waals surface area contributed by atoms with Crippen molar-refractivity contribution in [1.29, 1.82) is 5.26 Å². The number of Topliss-reactive ketones (excluding diaryl/α,β-unsaturated/α-hetero) is 1. The van der Waals surface area contributed by atoms with Gasteiger partial charge in [-0.25, -0.2) is 9.36 Å². The highest BCUT2D eigenvalue weighted by Crippen LogP contribution is 2.12. The minimum atomic E-state index is -0.695. The van der Waals surface area contributed by atoms with Gasteiger partial charge in [0.2, 0.25) is 0 Å². The van der Waals surface area contributed by atoms with Crippen LogP contribution in [0.15, 0.2) is 34.0 Å². The van der Waals surface area contributed by atoms with Gasteiger partial charge < -0.3 is 4.98 Å². The Bertz CT molecular complexity index is 853. The molecule has 2 aromatic rings. The molecule has 0 fully saturated rings. The number of nitrogens with one attached hydrogen (secondary N) is 1. The molecule has 0 atom stereocenters. The van der Waals surface area contributed by atoms with E-state index in [1.165, 1.54) is 13.0 Å². The summed E-state index contributed by atoms with van der Waals surface area (Å²) in [5.74, 6) is -0.436. The number of carbonyl (C=O) groups is 1. The van der Waals surface area contributed by atoms with E-state index >= 15 is 0 Å². The van der Waals surface area contributed by atoms with E-state index in [4.69, 9.17) is 5.26 Å². The minimum Gasteiger partial charge on any atom is -0.313 e. The fourth-order valence-corrected chi connectivity index (χ4v) is 1.86. The number of H-pyrrole nitrogens is 1. The van der Waals surface area contributed by atoms with Crippen LogP contribution < -0.4 is 11.2 Å². The van der Waals surface area contributed by atoms with E-state index in [0.717, 1.165) is 10.8 Å². The molecule has 0 amide bonds. The Morgan fingerprint density at radius 3 is 2.65 bits per heavy atom. The van der Waals surface area contributed by atoms with Crippen LogP contribution in [0.25, 0.3) is 5.69 Å². The number of nitrogens with zero attached hydrogens (tertiary/aromatic N) is 2. The van der Waals surface area contributed by atoms with Gasteiger partial charge >= 0.3 is 5.69 Å². The number of aromatic amines is 1. The van der Waals surface area contributed by atoms with Gasteiger partial charge in [0.25, 0.3) is 5.56 Å². The van der Waals surface area contributed by atoms with Crippen LogP contribution in [0.1, 0.15) is 28.4 Å². The van der Waals surface area contributed by atoms with Crippen LogP contribution in [0.2, 0.25) is 0 Å². The van der Waals surface area contributed by atoms with Crippen molar-refractivity contribution in [2.45, 2.75) is 13.8 Å². The number of rotatable bonds is 2. The molecule has 0 spiro atoms. The molecule has 6 nitrogen and oxygen atoms in total. The molecule has 6 heteroatoms. The summed E-state index contributed by atoms with van der Waals surface area (Å²) in [4.78, 5) is 37.8. The summed E-state index contributed by atoms with van der Waals surface area (Å²) in [5.41, 5.74) is -0.190. The van der Waals surface area contributed by atoms with E-state index in [-0.39, 0.29) is 5.56 Å². The lowest BCUT2D eigenvalue weighted by Crippen LogP contribution is -2.36. The van der Waals surface area contributed by atoms with Crippen LogP contribution in [0.5, 0.6) is 0 Å². The van der Waals surface area contributed by atoms with Gasteiger partial charge in [-0.1, -0.05) is 6.07 Å². The van der Waals surface area contributed by atoms with E-state index in [9.17, 15) is 14.4 Å². The summed E-state index contributed by atoms with van der Waals surface area (Å²) < 4.78 is 0.868. The van der Waals surface area contributed by atoms with Crippen molar-refractivity contribution in [3.8, 4) is 11.8 Å². The topological polar surface area (TPSA) is 95.7 Å². The third-order valence-corrected chi connectivity index (χ3v) is 2.94. The van der Waals surface area contributed by atoms with Crippen LogP contribution >= 0.6 is 0 Å². The van der Waals surface area contributed by atoms with Gasteiger partial charge in [0.15, 0.2) is 5.78 Å². The third kappa shape index (κ3) is 2.17. The average Bonchev–Trinajstić information content (AvgIpc) is 2.40. The van der Waals surface area contributed by atoms with Crippen molar-refractivity contribution in [1.82, 2.24) is 9.55 Å². The number of hydrogen-bond acceptors (Lipinski definition) is 4. The van der Waals surface area contributed by atoms with Crippen LogP contribution in [0, 0.1) is 18.3 Å². The Balaban J connectivity index is 2.87. The Hall–Kier alpha value is -2.94. The van der Waals surface area contributed by atoms with Crippen LogP contribution in [-0.4, -0.2) is 15.3 Å². The van der Waals surface area contributed by atoms with Gasteiger partial charge in [-0.3, -0.25) is 9.59 Å². The normalized spacial score (nSPS) is 10.1. The van der Waals surface area contributed by atoms with E-state index in [1.807, 2.05) is 6.07 Å². The summed E-state index contributed by atoms with van der Waals surface area (Å²) in [6, 6.07) is 6.62. The molecule has 20 heavy (non-hydrogen) atoms. The number of aryl methyl sites for hydroxylation is 1. The lowest BCUT2D eigenvalue weighted by Gasteiger charge is -2.09. The van der Waals surface area contributed by atoms with Crippen molar-refractivity contribution in [2.75, 3.05) is 0 Å². The second-order valence-corrected chi connectivity index (χ2v) is 4.32. The van der Waals surface area contributed by atoms with Crippen LogP contribution in [0.3, 0.4) is 0 Å². The largest absolute Gasteiger partial charge is 0.333 e. The summed E-state index contributed by atoms with van der Waals surface area (Å²) >= 11 is 0. The maximum absolute atomic E-state index is 12.2. The zero-order valence-corrected chi connectivity index (χ0v) is 10.9. The third-order valence-electron chi connectivity index (χ3n) is 2.94. The first kappa shape index (κ1) is 13.5. The van der Waals surface area contributed by atoms with Crippen molar-refractivity contribution < 1.29 is 4.79 Å². The molecule has 0 aliphatic rings. The molecule has 0 unspecified atom stereocenters. The highest BCUT2D eigenvalue weighted by Gasteiger charge is 2.14. The molecular formula is C14H11N3O3. The molecule has 1 aromatic carbocycles. The number of ketones is 1. The molecule has 0 aliphatic heterocycles. The highest BCUT2D eigenvalue weighted by atomic mass is 16.2. The summed E-state index contributed by atoms with van der Waals surface area (Å²) in [5, 5.41) is 8.90. The monoisotopic (exact) mass is 269 g/mol. The number of hydrogen-bond donors (Lipinski definition) is 1. The Labute approximate surface area is 113 Å². The number of benzene rings is 1. The molecule has 0 radical (unpaired) electrons. The predicted octanol–water partition coefficient (Wildman–Crippen LogP) is 0.908. The molecular weight excluding hydrogens is 258 g/mol. The van der Waals surface area contributed by atoms with Gasteiger partial charge in [-0.2, -0.15) is 5.26 Å². The Morgan fingerprint density at radius 1 is 1.35 bits per heavy atom. The standard InChI is InChI=1S/C14H11N3O3/c1-8-3-4-10(6-15)5-12(8)17-13(19)11(9(2)18)7-16-14(17)20/h3-5,7H,1-2H3,(H,16,20). The minimum absolute atomic E-state index is 0.105. The maximum atomic E-state index is 12.2. The Morgan fingerprint density at radius 2 is 2.05 bits per heavy atom. The summed E-state index contributed by atoms with van der Waals surface area (Å²) in [6.45, 7) is 2.96. The quantitative estimate of drug-likeness (QED) is 0.819. The molecule has 0 saturated carbocycles. The fourth-order valence-electron chi connectivity index (χ4n) is 1.86. The smallest absolute Gasteiger partial charge is 0.313 e. The van der Waals surface area contributed by atoms with Crippen LogP contribution in [-0.2, 0) is 0 Å².